The van der Waals surface area contributed by atoms with E-state index in [0.717, 1.165) is 0 Å². The fraction of sp³-hybridized carbons (Fsp3) is 0.143. The van der Waals surface area contributed by atoms with E-state index in [2.05, 4.69) is 10.3 Å². The van der Waals surface area contributed by atoms with Crippen molar-refractivity contribution < 1.29 is 4.79 Å². The number of hydrogen-bond acceptors (Lipinski definition) is 2. The van der Waals surface area contributed by atoms with Crippen molar-refractivity contribution in [1.82, 2.24) is 4.98 Å². The number of nitrogens with zero attached hydrogens (tertiary/aromatic N) is 1. The fourth-order valence-corrected chi connectivity index (χ4v) is 1.15. The second-order valence-corrected chi connectivity index (χ2v) is 3.17. The third-order valence-electron chi connectivity index (χ3n) is 1.21. The highest BCUT2D eigenvalue weighted by Gasteiger charge is 2.05. The van der Waals surface area contributed by atoms with Gasteiger partial charge < -0.3 is 5.32 Å². The molecule has 0 unspecified atom stereocenters. The number of alkyl halides is 1. The normalized spacial score (nSPS) is 9.77. The highest BCUT2D eigenvalue weighted by molar-refractivity contribution is 6.35. The maximum Gasteiger partial charge on any atom is 0.239 e. The van der Waals surface area contributed by atoms with Crippen LogP contribution < -0.4 is 5.32 Å². The molecule has 0 spiro atoms. The molecule has 0 aliphatic carbocycles. The highest BCUT2D eigenvalue weighted by atomic mass is 35.5. The smallest absolute Gasteiger partial charge is 0.239 e. The third kappa shape index (κ3) is 3.03. The molecule has 0 aromatic carbocycles. The van der Waals surface area contributed by atoms with Crippen LogP contribution in [0.3, 0.4) is 0 Å². The molecule has 13 heavy (non-hydrogen) atoms. The number of amides is 1. The molecular weight excluding hydrogens is 234 g/mol. The van der Waals surface area contributed by atoms with Gasteiger partial charge in [0, 0.05) is 0 Å². The van der Waals surface area contributed by atoms with Crippen LogP contribution in [-0.2, 0) is 4.79 Å². The molecule has 3 nitrogen and oxygen atoms in total. The zero-order valence-electron chi connectivity index (χ0n) is 6.35. The van der Waals surface area contributed by atoms with Gasteiger partial charge in [0.05, 0.1) is 5.69 Å². The number of pyridine rings is 1. The molecule has 1 amide bonds. The van der Waals surface area contributed by atoms with Gasteiger partial charge in [-0.05, 0) is 12.1 Å². The summed E-state index contributed by atoms with van der Waals surface area (Å²) in [5, 5.41) is 2.88. The van der Waals surface area contributed by atoms with Crippen molar-refractivity contribution in [2.75, 3.05) is 11.2 Å². The van der Waals surface area contributed by atoms with Crippen molar-refractivity contribution >= 4 is 46.4 Å². The van der Waals surface area contributed by atoms with E-state index in [9.17, 15) is 4.79 Å². The molecule has 1 heterocycles. The van der Waals surface area contributed by atoms with Gasteiger partial charge in [-0.15, -0.1) is 11.6 Å². The Morgan fingerprint density at radius 2 is 2.15 bits per heavy atom. The Hall–Kier alpha value is -0.510. The quantitative estimate of drug-likeness (QED) is 0.637. The lowest BCUT2D eigenvalue weighted by molar-refractivity contribution is -0.113. The first-order chi connectivity index (χ1) is 6.13. The SMILES string of the molecule is O=C(CCl)Nc1ccc(Cl)nc1Cl. The van der Waals surface area contributed by atoms with Crippen LogP contribution in [0.25, 0.3) is 0 Å². The monoisotopic (exact) mass is 238 g/mol. The van der Waals surface area contributed by atoms with Crippen molar-refractivity contribution in [1.29, 1.82) is 0 Å². The molecule has 1 aromatic heterocycles. The number of carbonyl (C=O) groups is 1. The zero-order chi connectivity index (χ0) is 9.84. The van der Waals surface area contributed by atoms with Crippen LogP contribution in [0.5, 0.6) is 0 Å². The van der Waals surface area contributed by atoms with E-state index >= 15 is 0 Å². The van der Waals surface area contributed by atoms with Gasteiger partial charge in [0.1, 0.15) is 11.0 Å². The van der Waals surface area contributed by atoms with Crippen LogP contribution in [0.2, 0.25) is 10.3 Å². The molecule has 0 saturated carbocycles. The molecule has 6 heteroatoms. The first-order valence-electron chi connectivity index (χ1n) is 3.31. The van der Waals surface area contributed by atoms with E-state index in [-0.39, 0.29) is 22.1 Å². The standard InChI is InChI=1S/C7H5Cl3N2O/c8-3-6(13)11-4-1-2-5(9)12-7(4)10/h1-2H,3H2,(H,11,13). The summed E-state index contributed by atoms with van der Waals surface area (Å²) >= 11 is 16.5. The molecule has 0 aliphatic heterocycles. The number of anilines is 1. The van der Waals surface area contributed by atoms with Crippen molar-refractivity contribution in [3.05, 3.63) is 22.4 Å². The Kier molecular flexibility index (Phi) is 3.78. The van der Waals surface area contributed by atoms with Gasteiger partial charge >= 0.3 is 0 Å². The van der Waals surface area contributed by atoms with Crippen molar-refractivity contribution in [3.8, 4) is 0 Å². The lowest BCUT2D eigenvalue weighted by Crippen LogP contribution is -2.13. The van der Waals surface area contributed by atoms with Crippen LogP contribution in [0.15, 0.2) is 12.1 Å². The minimum atomic E-state index is -0.340. The zero-order valence-corrected chi connectivity index (χ0v) is 8.62. The second kappa shape index (κ2) is 4.65. The van der Waals surface area contributed by atoms with Crippen LogP contribution in [-0.4, -0.2) is 16.8 Å². The van der Waals surface area contributed by atoms with E-state index in [1.54, 1.807) is 6.07 Å². The first-order valence-corrected chi connectivity index (χ1v) is 4.60. The summed E-state index contributed by atoms with van der Waals surface area (Å²) < 4.78 is 0. The van der Waals surface area contributed by atoms with Gasteiger partial charge in [-0.2, -0.15) is 0 Å². The van der Waals surface area contributed by atoms with Crippen molar-refractivity contribution in [2.24, 2.45) is 0 Å². The molecule has 0 fully saturated rings. The number of halogens is 3. The largest absolute Gasteiger partial charge is 0.322 e. The van der Waals surface area contributed by atoms with Gasteiger partial charge in [-0.25, -0.2) is 4.98 Å². The van der Waals surface area contributed by atoms with E-state index in [0.29, 0.717) is 5.69 Å². The summed E-state index contributed by atoms with van der Waals surface area (Å²) in [7, 11) is 0. The van der Waals surface area contributed by atoms with E-state index in [1.807, 2.05) is 0 Å². The molecule has 1 rings (SSSR count). The number of rotatable bonds is 2. The van der Waals surface area contributed by atoms with Crippen LogP contribution >= 0.6 is 34.8 Å². The Morgan fingerprint density at radius 3 is 2.69 bits per heavy atom. The van der Waals surface area contributed by atoms with Crippen LogP contribution in [0.1, 0.15) is 0 Å². The number of carbonyl (C=O) groups excluding carboxylic acids is 1. The van der Waals surface area contributed by atoms with Crippen molar-refractivity contribution in [3.63, 3.8) is 0 Å². The molecule has 0 atom stereocenters. The van der Waals surface area contributed by atoms with Gasteiger partial charge in [0.2, 0.25) is 5.91 Å². The molecule has 70 valence electrons. The predicted octanol–water partition coefficient (Wildman–Crippen LogP) is 2.57. The first kappa shape index (κ1) is 10.6. The summed E-state index contributed by atoms with van der Waals surface area (Å²) in [6.45, 7) is 0. The minimum absolute atomic E-state index is 0.126. The summed E-state index contributed by atoms with van der Waals surface area (Å²) in [6, 6.07) is 3.08. The molecule has 1 aromatic rings. The average molecular weight is 239 g/mol. The van der Waals surface area contributed by atoms with Crippen LogP contribution in [0, 0.1) is 0 Å². The lowest BCUT2D eigenvalue weighted by atomic mass is 10.4. The molecular formula is C7H5Cl3N2O. The van der Waals surface area contributed by atoms with E-state index in [4.69, 9.17) is 34.8 Å². The summed E-state index contributed by atoms with van der Waals surface area (Å²) in [5.74, 6) is -0.466. The van der Waals surface area contributed by atoms with Gasteiger partial charge in [-0.1, -0.05) is 23.2 Å². The Balaban J connectivity index is 2.83. The molecule has 0 bridgehead atoms. The Morgan fingerprint density at radius 1 is 1.46 bits per heavy atom. The fourth-order valence-electron chi connectivity index (χ4n) is 0.689. The van der Waals surface area contributed by atoms with Gasteiger partial charge in [0.25, 0.3) is 0 Å². The highest BCUT2D eigenvalue weighted by Crippen LogP contribution is 2.21. The second-order valence-electron chi connectivity index (χ2n) is 2.15. The lowest BCUT2D eigenvalue weighted by Gasteiger charge is -2.03. The van der Waals surface area contributed by atoms with Gasteiger partial charge in [0.15, 0.2) is 5.15 Å². The molecule has 0 aliphatic rings. The van der Waals surface area contributed by atoms with E-state index in [1.165, 1.54) is 6.07 Å². The van der Waals surface area contributed by atoms with Crippen molar-refractivity contribution in [2.45, 2.75) is 0 Å². The third-order valence-corrected chi connectivity index (χ3v) is 1.95. The average Bonchev–Trinajstić information content (AvgIpc) is 2.09. The summed E-state index contributed by atoms with van der Waals surface area (Å²) in [4.78, 5) is 14.6. The maximum absolute atomic E-state index is 10.9. The molecule has 1 N–H and O–H groups in total. The number of hydrogen-bond donors (Lipinski definition) is 1. The topological polar surface area (TPSA) is 42.0 Å². The maximum atomic E-state index is 10.9. The Labute approximate surface area is 90.0 Å². The summed E-state index contributed by atoms with van der Waals surface area (Å²) in [5.41, 5.74) is 0.400. The molecule has 0 saturated heterocycles. The van der Waals surface area contributed by atoms with Crippen LogP contribution in [0.4, 0.5) is 5.69 Å². The number of nitrogens with one attached hydrogen (secondary N) is 1. The number of aromatic nitrogens is 1. The summed E-state index contributed by atoms with van der Waals surface area (Å²) in [6.07, 6.45) is 0. The predicted molar refractivity (Wildman–Crippen MR) is 53.6 cm³/mol. The van der Waals surface area contributed by atoms with E-state index < -0.39 is 0 Å². The van der Waals surface area contributed by atoms with Gasteiger partial charge in [-0.3, -0.25) is 4.79 Å². The Bertz CT molecular complexity index is 330. The minimum Gasteiger partial charge on any atom is -0.322 e. The molecule has 0 radical (unpaired) electrons.